The Hall–Kier alpha value is 0.960. The number of hydrogen-bond acceptors (Lipinski definition) is 5. The third-order valence-electron chi connectivity index (χ3n) is 1.08. The van der Waals surface area contributed by atoms with Gasteiger partial charge in [0, 0.05) is 5.75 Å². The van der Waals surface area contributed by atoms with Gasteiger partial charge in [0.05, 0.1) is 12.0 Å². The predicted molar refractivity (Wildman–Crippen MR) is 49.7 cm³/mol. The summed E-state index contributed by atoms with van der Waals surface area (Å²) in [6.45, 7) is 0. The van der Waals surface area contributed by atoms with Crippen molar-refractivity contribution in [3.8, 4) is 0 Å². The van der Waals surface area contributed by atoms with Crippen LogP contribution in [-0.2, 0) is 4.79 Å². The number of nitrogens with two attached hydrogens (primary N) is 1. The van der Waals surface area contributed by atoms with Crippen molar-refractivity contribution in [3.63, 3.8) is 0 Å². The minimum absolute atomic E-state index is 0. The Balaban J connectivity index is 0. The molecule has 0 aliphatic rings. The van der Waals surface area contributed by atoms with E-state index in [1.165, 1.54) is 0 Å². The van der Waals surface area contributed by atoms with Gasteiger partial charge < -0.3 is 21.1 Å². The first-order chi connectivity index (χ1) is 5.09. The Labute approximate surface area is 104 Å². The van der Waals surface area contributed by atoms with Gasteiger partial charge in [-0.15, -0.1) is 11.8 Å². The van der Waals surface area contributed by atoms with Crippen molar-refractivity contribution in [1.29, 1.82) is 0 Å². The third kappa shape index (κ3) is 6.47. The zero-order chi connectivity index (χ0) is 8.85. The number of aliphatic hydroxyl groups excluding tert-OH is 2. The van der Waals surface area contributed by atoms with E-state index in [9.17, 15) is 4.79 Å². The Morgan fingerprint density at radius 1 is 1.58 bits per heavy atom. The fourth-order valence-corrected chi connectivity index (χ4v) is 0.996. The third-order valence-corrected chi connectivity index (χ3v) is 1.84. The Bertz CT molecular complexity index is 137. The first-order valence-electron chi connectivity index (χ1n) is 2.94. The van der Waals surface area contributed by atoms with Crippen LogP contribution >= 0.6 is 11.8 Å². The molecule has 0 saturated heterocycles. The van der Waals surface area contributed by atoms with Crippen LogP contribution in [0.1, 0.15) is 0 Å². The van der Waals surface area contributed by atoms with Crippen LogP contribution < -0.4 is 5.73 Å². The number of carbonyl (C=O) groups is 1. The normalized spacial score (nSPS) is 14.6. The van der Waals surface area contributed by atoms with Gasteiger partial charge in [0.15, 0.2) is 0 Å². The van der Waals surface area contributed by atoms with Crippen molar-refractivity contribution in [2.75, 3.05) is 11.7 Å². The second-order valence-electron chi connectivity index (χ2n) is 1.93. The van der Waals surface area contributed by atoms with Gasteiger partial charge >= 0.3 is 43.7 Å². The van der Waals surface area contributed by atoms with E-state index in [0.717, 1.165) is 11.8 Å². The second-order valence-corrected chi connectivity index (χ2v) is 2.93. The van der Waals surface area contributed by atoms with Crippen LogP contribution in [0.15, 0.2) is 0 Å². The number of hydrogen-bond donors (Lipinski definition) is 4. The molecule has 2 atom stereocenters. The molecule has 0 aromatic heterocycles. The van der Waals surface area contributed by atoms with Crippen LogP contribution in [0.25, 0.3) is 0 Å². The molecule has 0 saturated carbocycles. The van der Waals surface area contributed by atoms with E-state index in [4.69, 9.17) is 21.1 Å². The fourth-order valence-electron chi connectivity index (χ4n) is 0.442. The van der Waals surface area contributed by atoms with Crippen molar-refractivity contribution >= 4 is 55.5 Å². The molecule has 0 fully saturated rings. The first-order valence-corrected chi connectivity index (χ1v) is 4.10. The summed E-state index contributed by atoms with van der Waals surface area (Å²) in [4.78, 5) is 10.1. The van der Waals surface area contributed by atoms with Crippen LogP contribution in [0.3, 0.4) is 0 Å². The van der Waals surface area contributed by atoms with Gasteiger partial charge in [0.1, 0.15) is 6.04 Å². The number of rotatable bonds is 5. The molecule has 0 aromatic rings. The van der Waals surface area contributed by atoms with E-state index >= 15 is 0 Å². The van der Waals surface area contributed by atoms with Crippen LogP contribution in [0, 0.1) is 0 Å². The van der Waals surface area contributed by atoms with Crippen molar-refractivity contribution in [2.24, 2.45) is 5.73 Å². The van der Waals surface area contributed by atoms with Crippen LogP contribution in [0.5, 0.6) is 0 Å². The Morgan fingerprint density at radius 2 is 2.08 bits per heavy atom. The van der Waals surface area contributed by atoms with Crippen molar-refractivity contribution < 1.29 is 20.1 Å². The molecule has 70 valence electrons. The maximum absolute atomic E-state index is 10.1. The molecule has 0 amide bonds. The molecular weight excluding hydrogens is 210 g/mol. The van der Waals surface area contributed by atoms with Gasteiger partial charge in [0.2, 0.25) is 0 Å². The first kappa shape index (κ1) is 15.4. The molecule has 0 rings (SSSR count). The number of thioether (sulfide) groups is 1. The number of carboxylic acid groups (broad SMARTS) is 1. The van der Waals surface area contributed by atoms with Crippen molar-refractivity contribution in [1.82, 2.24) is 0 Å². The molecule has 0 heterocycles. The van der Waals surface area contributed by atoms with E-state index in [1.807, 2.05) is 0 Å². The summed E-state index contributed by atoms with van der Waals surface area (Å²) < 4.78 is 0. The topological polar surface area (TPSA) is 104 Å². The van der Waals surface area contributed by atoms with Gasteiger partial charge in [-0.2, -0.15) is 0 Å². The fraction of sp³-hybridized carbons (Fsp3) is 0.800. The molecule has 0 spiro atoms. The maximum atomic E-state index is 10.1. The molecule has 2 unspecified atom stereocenters. The van der Waals surface area contributed by atoms with E-state index in [1.54, 1.807) is 0 Å². The Kier molecular flexibility index (Phi) is 11.0. The monoisotopic (exact) mass is 223 g/mol. The standard InChI is InChI=1S/C5H11NO4S.Ca.2H/c6-4(5(9)10)3(8)1-11-2-7;;;/h3-4,7-8H,1-2,6H2,(H,9,10);;;. The van der Waals surface area contributed by atoms with E-state index in [0.29, 0.717) is 0 Å². The predicted octanol–water partition coefficient (Wildman–Crippen LogP) is -2.47. The molecule has 5 nitrogen and oxygen atoms in total. The SMILES string of the molecule is NC(C(=O)O)C(O)CSCO.[CaH2]. The second kappa shape index (κ2) is 8.55. The van der Waals surface area contributed by atoms with Crippen LogP contribution in [0.4, 0.5) is 0 Å². The molecule has 0 aromatic carbocycles. The molecule has 12 heavy (non-hydrogen) atoms. The number of carboxylic acids is 1. The van der Waals surface area contributed by atoms with E-state index < -0.39 is 18.1 Å². The number of aliphatic hydroxyl groups is 2. The van der Waals surface area contributed by atoms with Crippen molar-refractivity contribution in [3.05, 3.63) is 0 Å². The summed E-state index contributed by atoms with van der Waals surface area (Å²) in [6.07, 6.45) is -1.11. The van der Waals surface area contributed by atoms with Gasteiger partial charge in [0.25, 0.3) is 0 Å². The molecule has 0 aliphatic heterocycles. The molecule has 7 heteroatoms. The summed E-state index contributed by atoms with van der Waals surface area (Å²) in [5.74, 6) is -1.26. The summed E-state index contributed by atoms with van der Waals surface area (Å²) in [7, 11) is 0. The summed E-state index contributed by atoms with van der Waals surface area (Å²) in [5.41, 5.74) is 5.06. The molecular formula is C5H13CaNO4S. The Morgan fingerprint density at radius 3 is 2.42 bits per heavy atom. The van der Waals surface area contributed by atoms with E-state index in [-0.39, 0.29) is 49.4 Å². The molecule has 0 bridgehead atoms. The number of aliphatic carboxylic acids is 1. The van der Waals surface area contributed by atoms with Crippen LogP contribution in [-0.4, -0.2) is 82.9 Å². The zero-order valence-corrected chi connectivity index (χ0v) is 6.62. The quantitative estimate of drug-likeness (QED) is 0.304. The van der Waals surface area contributed by atoms with Crippen molar-refractivity contribution in [2.45, 2.75) is 12.1 Å². The van der Waals surface area contributed by atoms with Gasteiger partial charge in [-0.1, -0.05) is 0 Å². The molecule has 5 N–H and O–H groups in total. The van der Waals surface area contributed by atoms with E-state index in [2.05, 4.69) is 0 Å². The minimum atomic E-state index is -1.27. The zero-order valence-electron chi connectivity index (χ0n) is 5.80. The van der Waals surface area contributed by atoms with Gasteiger partial charge in [-0.25, -0.2) is 0 Å². The molecule has 0 aliphatic carbocycles. The summed E-state index contributed by atoms with van der Waals surface area (Å²) in [6, 6.07) is -1.27. The average molecular weight is 223 g/mol. The van der Waals surface area contributed by atoms with Gasteiger partial charge in [-0.05, 0) is 0 Å². The van der Waals surface area contributed by atoms with Crippen LogP contribution in [0.2, 0.25) is 0 Å². The molecule has 0 radical (unpaired) electrons. The summed E-state index contributed by atoms with van der Waals surface area (Å²) >= 11 is 1.02. The summed E-state index contributed by atoms with van der Waals surface area (Å²) in [5, 5.41) is 25.6. The van der Waals surface area contributed by atoms with Gasteiger partial charge in [-0.3, -0.25) is 4.79 Å². The average Bonchev–Trinajstić information content (AvgIpc) is 1.98.